The van der Waals surface area contributed by atoms with E-state index in [1.807, 2.05) is 29.2 Å². The number of nitrogens with one attached hydrogen (secondary N) is 2. The first kappa shape index (κ1) is 20.5. The Kier molecular flexibility index (Phi) is 7.28. The minimum absolute atomic E-state index is 0.0581. The van der Waals surface area contributed by atoms with E-state index >= 15 is 0 Å². The summed E-state index contributed by atoms with van der Waals surface area (Å²) in [5, 5.41) is 5.91. The van der Waals surface area contributed by atoms with Crippen LogP contribution in [0.2, 0.25) is 0 Å². The molecule has 0 saturated carbocycles. The van der Waals surface area contributed by atoms with Gasteiger partial charge in [-0.05, 0) is 55.7 Å². The Labute approximate surface area is 171 Å². The van der Waals surface area contributed by atoms with Crippen LogP contribution in [0.3, 0.4) is 0 Å². The summed E-state index contributed by atoms with van der Waals surface area (Å²) in [5.74, 6) is 0.601. The van der Waals surface area contributed by atoms with Gasteiger partial charge in [-0.25, -0.2) is 0 Å². The van der Waals surface area contributed by atoms with Gasteiger partial charge in [-0.1, -0.05) is 18.7 Å². The largest absolute Gasteiger partial charge is 0.489 e. The van der Waals surface area contributed by atoms with Crippen LogP contribution in [0.4, 0.5) is 11.4 Å². The standard InChI is InChI=1S/C23H27N3O3/c1-2-15-29-21-8-6-7-20(16-21)24-17-22(27)25-19-11-9-18(10-12-19)23(28)26-13-4-3-5-14-26/h2,6-12,16,24H,1,3-5,13-15,17H2,(H,25,27). The number of hydrogen-bond acceptors (Lipinski definition) is 4. The van der Waals surface area contributed by atoms with Crippen molar-refractivity contribution in [2.24, 2.45) is 0 Å². The Morgan fingerprint density at radius 2 is 1.79 bits per heavy atom. The molecule has 3 rings (SSSR count). The van der Waals surface area contributed by atoms with Crippen LogP contribution >= 0.6 is 0 Å². The van der Waals surface area contributed by atoms with E-state index in [2.05, 4.69) is 17.2 Å². The average Bonchev–Trinajstić information content (AvgIpc) is 2.77. The zero-order valence-corrected chi connectivity index (χ0v) is 16.5. The number of anilines is 2. The van der Waals surface area contributed by atoms with Crippen LogP contribution in [-0.4, -0.2) is 43.0 Å². The number of benzene rings is 2. The highest BCUT2D eigenvalue weighted by Crippen LogP contribution is 2.18. The highest BCUT2D eigenvalue weighted by molar-refractivity contribution is 5.96. The molecule has 0 aromatic heterocycles. The lowest BCUT2D eigenvalue weighted by atomic mass is 10.1. The van der Waals surface area contributed by atoms with Crippen molar-refractivity contribution in [1.29, 1.82) is 0 Å². The van der Waals surface area contributed by atoms with Crippen molar-refractivity contribution in [3.63, 3.8) is 0 Å². The molecule has 6 nitrogen and oxygen atoms in total. The Morgan fingerprint density at radius 1 is 1.03 bits per heavy atom. The van der Waals surface area contributed by atoms with Crippen LogP contribution in [0.15, 0.2) is 61.2 Å². The lowest BCUT2D eigenvalue weighted by Crippen LogP contribution is -2.35. The maximum Gasteiger partial charge on any atom is 0.253 e. The lowest BCUT2D eigenvalue weighted by molar-refractivity contribution is -0.114. The van der Waals surface area contributed by atoms with Gasteiger partial charge >= 0.3 is 0 Å². The number of likely N-dealkylation sites (tertiary alicyclic amines) is 1. The summed E-state index contributed by atoms with van der Waals surface area (Å²) in [5.41, 5.74) is 2.11. The van der Waals surface area contributed by atoms with Gasteiger partial charge < -0.3 is 20.3 Å². The third kappa shape index (κ3) is 6.10. The molecule has 0 bridgehead atoms. The van der Waals surface area contributed by atoms with Crippen molar-refractivity contribution in [2.45, 2.75) is 19.3 Å². The molecule has 1 heterocycles. The summed E-state index contributed by atoms with van der Waals surface area (Å²) in [6, 6.07) is 14.5. The number of carbonyl (C=O) groups is 2. The summed E-state index contributed by atoms with van der Waals surface area (Å²) in [7, 11) is 0. The molecule has 1 fully saturated rings. The first-order chi connectivity index (χ1) is 14.2. The van der Waals surface area contributed by atoms with Crippen molar-refractivity contribution in [3.8, 4) is 5.75 Å². The van der Waals surface area contributed by atoms with E-state index in [-0.39, 0.29) is 18.4 Å². The first-order valence-corrected chi connectivity index (χ1v) is 9.92. The molecule has 2 aromatic rings. The number of nitrogens with zero attached hydrogens (tertiary/aromatic N) is 1. The fourth-order valence-electron chi connectivity index (χ4n) is 3.21. The number of hydrogen-bond donors (Lipinski definition) is 2. The summed E-state index contributed by atoms with van der Waals surface area (Å²) in [4.78, 5) is 26.6. The SMILES string of the molecule is C=CCOc1cccc(NCC(=O)Nc2ccc(C(=O)N3CCCCC3)cc2)c1. The zero-order valence-electron chi connectivity index (χ0n) is 16.5. The molecule has 1 aliphatic rings. The average molecular weight is 393 g/mol. The van der Waals surface area contributed by atoms with Crippen molar-refractivity contribution in [1.82, 2.24) is 4.90 Å². The Bertz CT molecular complexity index is 843. The highest BCUT2D eigenvalue weighted by atomic mass is 16.5. The molecule has 29 heavy (non-hydrogen) atoms. The van der Waals surface area contributed by atoms with Crippen LogP contribution < -0.4 is 15.4 Å². The molecular formula is C23H27N3O3. The molecule has 152 valence electrons. The summed E-state index contributed by atoms with van der Waals surface area (Å²) in [6.45, 7) is 5.82. The fourth-order valence-corrected chi connectivity index (χ4v) is 3.21. The van der Waals surface area contributed by atoms with Gasteiger partial charge in [-0.3, -0.25) is 9.59 Å². The van der Waals surface area contributed by atoms with E-state index in [4.69, 9.17) is 4.74 Å². The molecule has 0 radical (unpaired) electrons. The number of piperidine rings is 1. The summed E-state index contributed by atoms with van der Waals surface area (Å²) >= 11 is 0. The molecule has 0 atom stereocenters. The lowest BCUT2D eigenvalue weighted by Gasteiger charge is -2.26. The molecule has 0 aliphatic carbocycles. The highest BCUT2D eigenvalue weighted by Gasteiger charge is 2.17. The Hall–Kier alpha value is -3.28. The maximum atomic E-state index is 12.5. The predicted molar refractivity (Wildman–Crippen MR) is 115 cm³/mol. The van der Waals surface area contributed by atoms with E-state index in [1.54, 1.807) is 30.3 Å². The van der Waals surface area contributed by atoms with Crippen molar-refractivity contribution in [3.05, 3.63) is 66.7 Å². The van der Waals surface area contributed by atoms with Gasteiger partial charge in [0, 0.05) is 36.1 Å². The van der Waals surface area contributed by atoms with Gasteiger partial charge in [0.15, 0.2) is 0 Å². The third-order valence-electron chi connectivity index (χ3n) is 4.71. The predicted octanol–water partition coefficient (Wildman–Crippen LogP) is 3.93. The minimum Gasteiger partial charge on any atom is -0.489 e. The monoisotopic (exact) mass is 393 g/mol. The first-order valence-electron chi connectivity index (χ1n) is 9.92. The Morgan fingerprint density at radius 3 is 2.52 bits per heavy atom. The number of rotatable bonds is 8. The second-order valence-corrected chi connectivity index (χ2v) is 6.96. The van der Waals surface area contributed by atoms with Crippen molar-refractivity contribution in [2.75, 3.05) is 36.9 Å². The van der Waals surface area contributed by atoms with Crippen LogP contribution in [0, 0.1) is 0 Å². The fraction of sp³-hybridized carbons (Fsp3) is 0.304. The summed E-state index contributed by atoms with van der Waals surface area (Å²) in [6.07, 6.45) is 5.00. The topological polar surface area (TPSA) is 70.7 Å². The van der Waals surface area contributed by atoms with Gasteiger partial charge in [0.05, 0.1) is 6.54 Å². The second-order valence-electron chi connectivity index (χ2n) is 6.96. The zero-order chi connectivity index (χ0) is 20.5. The molecular weight excluding hydrogens is 366 g/mol. The molecule has 2 aromatic carbocycles. The van der Waals surface area contributed by atoms with Crippen LogP contribution in [0.5, 0.6) is 5.75 Å². The minimum atomic E-state index is -0.169. The molecule has 2 N–H and O–H groups in total. The quantitative estimate of drug-likeness (QED) is 0.667. The van der Waals surface area contributed by atoms with E-state index in [9.17, 15) is 9.59 Å². The van der Waals surface area contributed by atoms with Crippen molar-refractivity contribution >= 4 is 23.2 Å². The number of carbonyl (C=O) groups excluding carboxylic acids is 2. The number of amides is 2. The van der Waals surface area contributed by atoms with Gasteiger partial charge in [0.25, 0.3) is 5.91 Å². The van der Waals surface area contributed by atoms with Gasteiger partial charge in [0.1, 0.15) is 12.4 Å². The van der Waals surface area contributed by atoms with E-state index < -0.39 is 0 Å². The maximum absolute atomic E-state index is 12.5. The third-order valence-corrected chi connectivity index (χ3v) is 4.71. The smallest absolute Gasteiger partial charge is 0.253 e. The number of ether oxygens (including phenoxy) is 1. The Balaban J connectivity index is 1.49. The van der Waals surface area contributed by atoms with Crippen LogP contribution in [0.1, 0.15) is 29.6 Å². The van der Waals surface area contributed by atoms with Gasteiger partial charge in [0.2, 0.25) is 5.91 Å². The van der Waals surface area contributed by atoms with E-state index in [1.165, 1.54) is 6.42 Å². The van der Waals surface area contributed by atoms with E-state index in [0.717, 1.165) is 31.6 Å². The molecule has 1 aliphatic heterocycles. The van der Waals surface area contributed by atoms with Gasteiger partial charge in [-0.2, -0.15) is 0 Å². The normalized spacial score (nSPS) is 13.4. The molecule has 2 amide bonds. The molecule has 6 heteroatoms. The summed E-state index contributed by atoms with van der Waals surface area (Å²) < 4.78 is 5.48. The molecule has 1 saturated heterocycles. The second kappa shape index (κ2) is 10.3. The molecule has 0 spiro atoms. The van der Waals surface area contributed by atoms with E-state index in [0.29, 0.717) is 23.6 Å². The van der Waals surface area contributed by atoms with Gasteiger partial charge in [-0.15, -0.1) is 0 Å². The van der Waals surface area contributed by atoms with Crippen LogP contribution in [-0.2, 0) is 4.79 Å². The molecule has 0 unspecified atom stereocenters. The van der Waals surface area contributed by atoms with Crippen LogP contribution in [0.25, 0.3) is 0 Å². The van der Waals surface area contributed by atoms with Crippen molar-refractivity contribution < 1.29 is 14.3 Å².